The van der Waals surface area contributed by atoms with Crippen molar-refractivity contribution in [2.75, 3.05) is 20.3 Å². The van der Waals surface area contributed by atoms with Gasteiger partial charge < -0.3 is 29.6 Å². The summed E-state index contributed by atoms with van der Waals surface area (Å²) in [5, 5.41) is 11.7. The zero-order chi connectivity index (χ0) is 26.4. The summed E-state index contributed by atoms with van der Waals surface area (Å²) in [4.78, 5) is 18.9. The molecule has 8 nitrogen and oxygen atoms in total. The molecule has 0 aliphatic carbocycles. The molecule has 1 aromatic heterocycles. The molecule has 8 heteroatoms. The largest absolute Gasteiger partial charge is 0.507 e. The Hall–Kier alpha value is -3.49. The molecule has 0 radical (unpaired) electrons. The lowest BCUT2D eigenvalue weighted by Crippen LogP contribution is -2.11. The van der Waals surface area contributed by atoms with Crippen LogP contribution in [0, 0.1) is 0 Å². The van der Waals surface area contributed by atoms with E-state index in [1.54, 1.807) is 6.07 Å². The summed E-state index contributed by atoms with van der Waals surface area (Å²) in [5.74, 6) is 6.41. The first-order valence-electron chi connectivity index (χ1n) is 12.0. The monoisotopic (exact) mass is 496 g/mol. The molecule has 5 N–H and O–H groups in total. The minimum Gasteiger partial charge on any atom is -0.507 e. The maximum Gasteiger partial charge on any atom is 0.204 e. The van der Waals surface area contributed by atoms with E-state index in [4.69, 9.17) is 30.4 Å². The first-order valence-corrected chi connectivity index (χ1v) is 12.0. The third-order valence-corrected chi connectivity index (χ3v) is 5.93. The Morgan fingerprint density at radius 2 is 1.58 bits per heavy atom. The van der Waals surface area contributed by atoms with Gasteiger partial charge in [0.1, 0.15) is 28.1 Å². The van der Waals surface area contributed by atoms with Gasteiger partial charge in [-0.2, -0.15) is 5.90 Å². The molecule has 3 rings (SSSR count). The predicted octanol–water partition coefficient (Wildman–Crippen LogP) is 5.05. The summed E-state index contributed by atoms with van der Waals surface area (Å²) in [6.45, 7) is 8.87. The van der Waals surface area contributed by atoms with Crippen molar-refractivity contribution in [1.29, 1.82) is 0 Å². The second kappa shape index (κ2) is 12.0. The molecule has 0 aliphatic rings. The number of ether oxygens (including phenoxy) is 2. The summed E-state index contributed by atoms with van der Waals surface area (Å²) in [6.07, 6.45) is 6.33. The molecular formula is C28H36N2O6. The smallest absolute Gasteiger partial charge is 0.204 e. The molecule has 0 amide bonds. The molecule has 194 valence electrons. The minimum absolute atomic E-state index is 0.0934. The van der Waals surface area contributed by atoms with Gasteiger partial charge in [0.05, 0.1) is 19.1 Å². The van der Waals surface area contributed by atoms with Gasteiger partial charge in [-0.05, 0) is 59.9 Å². The maximum atomic E-state index is 13.9. The van der Waals surface area contributed by atoms with Gasteiger partial charge in [-0.3, -0.25) is 4.79 Å². The van der Waals surface area contributed by atoms with Crippen LogP contribution in [0.4, 0.5) is 0 Å². The zero-order valence-electron chi connectivity index (χ0n) is 21.7. The van der Waals surface area contributed by atoms with Crippen molar-refractivity contribution in [3.05, 3.63) is 56.8 Å². The number of hydrogen-bond donors (Lipinski definition) is 3. The fourth-order valence-corrected chi connectivity index (χ4v) is 4.08. The van der Waals surface area contributed by atoms with Gasteiger partial charge in [0, 0.05) is 23.3 Å². The Kier molecular flexibility index (Phi) is 9.01. The number of methoxy groups -OCH3 is 1. The van der Waals surface area contributed by atoms with Crippen LogP contribution < -0.4 is 31.4 Å². The van der Waals surface area contributed by atoms with Crippen molar-refractivity contribution in [3.63, 3.8) is 0 Å². The number of benzene rings is 2. The van der Waals surface area contributed by atoms with Gasteiger partial charge in [0.2, 0.25) is 5.43 Å². The highest BCUT2D eigenvalue weighted by Gasteiger charge is 2.24. The summed E-state index contributed by atoms with van der Waals surface area (Å²) in [5.41, 5.74) is 8.96. The number of hydrogen-bond acceptors (Lipinski definition) is 8. The number of unbranched alkanes of at least 4 members (excludes halogenated alkanes) is 1. The maximum absolute atomic E-state index is 13.9. The van der Waals surface area contributed by atoms with Crippen LogP contribution in [0.15, 0.2) is 44.6 Å². The molecule has 3 aromatic rings. The molecule has 36 heavy (non-hydrogen) atoms. The average Bonchev–Trinajstić information content (AvgIpc) is 2.83. The summed E-state index contributed by atoms with van der Waals surface area (Å²) < 4.78 is 17.7. The van der Waals surface area contributed by atoms with E-state index in [9.17, 15) is 9.90 Å². The molecule has 0 saturated heterocycles. The molecule has 0 spiro atoms. The molecule has 0 aliphatic heterocycles. The van der Waals surface area contributed by atoms with Gasteiger partial charge in [0.25, 0.3) is 0 Å². The quantitative estimate of drug-likeness (QED) is 0.146. The first kappa shape index (κ1) is 27.1. The highest BCUT2D eigenvalue weighted by atomic mass is 16.6. The Labute approximate surface area is 211 Å². The van der Waals surface area contributed by atoms with Crippen molar-refractivity contribution >= 4 is 21.9 Å². The first-order chi connectivity index (χ1) is 17.2. The average molecular weight is 497 g/mol. The highest BCUT2D eigenvalue weighted by molar-refractivity contribution is 5.97. The Balaban J connectivity index is 2.37. The normalized spacial score (nSPS) is 11.0. The summed E-state index contributed by atoms with van der Waals surface area (Å²) in [6, 6.07) is 3.19. The van der Waals surface area contributed by atoms with E-state index in [2.05, 4.69) is 0 Å². The van der Waals surface area contributed by atoms with E-state index in [1.807, 2.05) is 39.8 Å². The third kappa shape index (κ3) is 5.66. The van der Waals surface area contributed by atoms with E-state index in [1.165, 1.54) is 13.2 Å². The van der Waals surface area contributed by atoms with E-state index >= 15 is 0 Å². The van der Waals surface area contributed by atoms with Gasteiger partial charge in [0.15, 0.2) is 11.5 Å². The topological polar surface area (TPSA) is 130 Å². The molecule has 2 aromatic carbocycles. The number of nitrogens with two attached hydrogens (primary N) is 2. The fourth-order valence-electron chi connectivity index (χ4n) is 4.08. The molecule has 0 bridgehead atoms. The van der Waals surface area contributed by atoms with Crippen molar-refractivity contribution in [2.24, 2.45) is 11.6 Å². The van der Waals surface area contributed by atoms with Gasteiger partial charge in [-0.15, -0.1) is 0 Å². The summed E-state index contributed by atoms with van der Waals surface area (Å²) >= 11 is 0. The predicted molar refractivity (Wildman–Crippen MR) is 143 cm³/mol. The lowest BCUT2D eigenvalue weighted by atomic mass is 9.98. The molecule has 0 saturated carbocycles. The molecule has 0 unspecified atom stereocenters. The number of fused-ring (bicyclic) bond motifs is 2. The second-order valence-corrected chi connectivity index (χ2v) is 9.20. The minimum atomic E-state index is -0.365. The molecule has 0 atom stereocenters. The van der Waals surface area contributed by atoms with Crippen LogP contribution in [-0.2, 0) is 12.8 Å². The lowest BCUT2D eigenvalue weighted by Gasteiger charge is -2.17. The van der Waals surface area contributed by atoms with Crippen molar-refractivity contribution in [3.8, 4) is 23.0 Å². The van der Waals surface area contributed by atoms with E-state index in [0.717, 1.165) is 24.0 Å². The van der Waals surface area contributed by atoms with Crippen LogP contribution in [0.3, 0.4) is 0 Å². The van der Waals surface area contributed by atoms with Crippen molar-refractivity contribution < 1.29 is 23.8 Å². The van der Waals surface area contributed by atoms with Crippen molar-refractivity contribution in [1.82, 2.24) is 0 Å². The fraction of sp³-hybridized carbons (Fsp3) is 0.393. The Morgan fingerprint density at radius 1 is 0.972 bits per heavy atom. The number of aromatic hydroxyl groups is 1. The highest BCUT2D eigenvalue weighted by Crippen LogP contribution is 2.41. The van der Waals surface area contributed by atoms with Crippen LogP contribution >= 0.6 is 0 Å². The molecule has 0 fully saturated rings. The third-order valence-electron chi connectivity index (χ3n) is 5.93. The lowest BCUT2D eigenvalue weighted by molar-refractivity contribution is 0.303. The standard InChI is InChI=1S/C28H36N2O6/c1-16(2)8-10-18-20(34-13-7-6-12-29)14-22-25(26(18)31)27(32)24-19(11-9-17(3)4)28(33-5)23(36-30)15-21(24)35-22/h8-9,14-15,31H,6-7,10-13,29-30H2,1-5H3. The number of phenols is 1. The number of phenolic OH excluding ortho intramolecular Hbond substituents is 1. The van der Waals surface area contributed by atoms with Crippen LogP contribution in [0.2, 0.25) is 0 Å². The Bertz CT molecular complexity index is 1360. The molecular weight excluding hydrogens is 460 g/mol. The summed E-state index contributed by atoms with van der Waals surface area (Å²) in [7, 11) is 1.49. The zero-order valence-corrected chi connectivity index (χ0v) is 21.7. The van der Waals surface area contributed by atoms with Crippen LogP contribution in [-0.4, -0.2) is 25.4 Å². The molecule has 1 heterocycles. The van der Waals surface area contributed by atoms with Crippen LogP contribution in [0.5, 0.6) is 23.0 Å². The number of rotatable bonds is 11. The van der Waals surface area contributed by atoms with E-state index in [-0.39, 0.29) is 33.5 Å². The van der Waals surface area contributed by atoms with Crippen LogP contribution in [0.1, 0.15) is 51.7 Å². The van der Waals surface area contributed by atoms with E-state index in [0.29, 0.717) is 54.0 Å². The van der Waals surface area contributed by atoms with Gasteiger partial charge in [-0.25, -0.2) is 0 Å². The van der Waals surface area contributed by atoms with Crippen LogP contribution in [0.25, 0.3) is 21.9 Å². The van der Waals surface area contributed by atoms with Crippen molar-refractivity contribution in [2.45, 2.75) is 53.4 Å². The number of allylic oxidation sites excluding steroid dienone is 4. The Morgan fingerprint density at radius 3 is 2.17 bits per heavy atom. The second-order valence-electron chi connectivity index (χ2n) is 9.20. The van der Waals surface area contributed by atoms with Gasteiger partial charge >= 0.3 is 0 Å². The SMILES string of the molecule is COc1c(ON)cc2oc3cc(OCCCCN)c(CC=C(C)C)c(O)c3c(=O)c2c1CC=C(C)C. The van der Waals surface area contributed by atoms with E-state index < -0.39 is 0 Å². The van der Waals surface area contributed by atoms with Gasteiger partial charge in [-0.1, -0.05) is 23.3 Å².